The molecule has 4 aromatic rings. The molecule has 10 nitrogen and oxygen atoms in total. The molecule has 1 aliphatic carbocycles. The number of ether oxygens (including phenoxy) is 1. The molecule has 0 radical (unpaired) electrons. The SMILES string of the molecule is CNc1cc(-c2cn([C@@H]3CCOC[C@@H]3F)c3ncccc23)nc2c(C(=O)NC3CCC3O)cnn12. The molecule has 2 aliphatic rings. The molecule has 1 saturated heterocycles. The van der Waals surface area contributed by atoms with Crippen LogP contribution in [-0.4, -0.2) is 73.7 Å². The number of nitrogens with one attached hydrogen (secondary N) is 2. The second kappa shape index (κ2) is 8.58. The molecule has 182 valence electrons. The fourth-order valence-electron chi connectivity index (χ4n) is 4.88. The third kappa shape index (κ3) is 3.62. The van der Waals surface area contributed by atoms with Crippen molar-refractivity contribution in [2.75, 3.05) is 25.6 Å². The van der Waals surface area contributed by atoms with Crippen molar-refractivity contribution in [3.8, 4) is 11.3 Å². The molecule has 1 saturated carbocycles. The summed E-state index contributed by atoms with van der Waals surface area (Å²) in [4.78, 5) is 22.3. The highest BCUT2D eigenvalue weighted by molar-refractivity contribution is 6.01. The number of pyridine rings is 1. The Morgan fingerprint density at radius 1 is 1.29 bits per heavy atom. The van der Waals surface area contributed by atoms with Crippen LogP contribution in [0, 0.1) is 0 Å². The normalized spacial score (nSPS) is 24.4. The predicted molar refractivity (Wildman–Crippen MR) is 127 cm³/mol. The van der Waals surface area contributed by atoms with E-state index in [0.29, 0.717) is 47.8 Å². The van der Waals surface area contributed by atoms with Gasteiger partial charge in [-0.05, 0) is 31.4 Å². The standard InChI is InChI=1S/C24H26FN7O3/c1-26-21-9-18(29-23-14(10-28-32(21)23)24(34)30-17-4-5-20(17)33)15-11-31(19-6-8-35-12-16(19)25)22-13(15)3-2-7-27-22/h2-3,7,9-11,16-17,19-20,26,33H,4-6,8,12H2,1H3,(H,30,34)/t16-,17?,19+,20?/m0/s1. The maximum absolute atomic E-state index is 14.8. The third-order valence-electron chi connectivity index (χ3n) is 7.00. The average molecular weight is 480 g/mol. The largest absolute Gasteiger partial charge is 0.391 e. The molecule has 4 atom stereocenters. The van der Waals surface area contributed by atoms with Crippen LogP contribution in [0.5, 0.6) is 0 Å². The van der Waals surface area contributed by atoms with E-state index in [1.165, 1.54) is 6.20 Å². The highest BCUT2D eigenvalue weighted by Gasteiger charge is 2.32. The van der Waals surface area contributed by atoms with Gasteiger partial charge in [-0.3, -0.25) is 4.79 Å². The molecule has 1 aliphatic heterocycles. The van der Waals surface area contributed by atoms with Gasteiger partial charge in [-0.15, -0.1) is 0 Å². The van der Waals surface area contributed by atoms with Crippen LogP contribution < -0.4 is 10.6 Å². The Balaban J connectivity index is 1.47. The fraction of sp³-hybridized carbons (Fsp3) is 0.417. The van der Waals surface area contributed by atoms with Crippen molar-refractivity contribution < 1.29 is 19.0 Å². The van der Waals surface area contributed by atoms with Gasteiger partial charge in [0.05, 0.1) is 36.7 Å². The zero-order valence-electron chi connectivity index (χ0n) is 19.2. The summed E-state index contributed by atoms with van der Waals surface area (Å²) in [6.45, 7) is 0.551. The number of nitrogens with zero attached hydrogens (tertiary/aromatic N) is 5. The number of alkyl halides is 1. The van der Waals surface area contributed by atoms with Gasteiger partial charge >= 0.3 is 0 Å². The Kier molecular flexibility index (Phi) is 5.37. The van der Waals surface area contributed by atoms with Crippen LogP contribution in [0.4, 0.5) is 10.2 Å². The molecule has 0 aromatic carbocycles. The number of carbonyl (C=O) groups is 1. The predicted octanol–water partition coefficient (Wildman–Crippen LogP) is 2.34. The maximum Gasteiger partial charge on any atom is 0.257 e. The van der Waals surface area contributed by atoms with Crippen molar-refractivity contribution in [3.05, 3.63) is 42.4 Å². The Morgan fingerprint density at radius 3 is 2.91 bits per heavy atom. The molecule has 2 unspecified atom stereocenters. The van der Waals surface area contributed by atoms with Crippen LogP contribution in [-0.2, 0) is 4.74 Å². The number of aliphatic hydroxyl groups is 1. The Labute approximate surface area is 200 Å². The number of carbonyl (C=O) groups excluding carboxylic acids is 1. The van der Waals surface area contributed by atoms with E-state index in [-0.39, 0.29) is 24.6 Å². The first-order chi connectivity index (χ1) is 17.0. The molecule has 11 heteroatoms. The van der Waals surface area contributed by atoms with Crippen LogP contribution in [0.15, 0.2) is 36.8 Å². The quantitative estimate of drug-likeness (QED) is 0.402. The molecule has 0 spiro atoms. The number of anilines is 1. The van der Waals surface area contributed by atoms with Crippen molar-refractivity contribution in [1.82, 2.24) is 29.5 Å². The molecule has 3 N–H and O–H groups in total. The van der Waals surface area contributed by atoms with Gasteiger partial charge in [-0.25, -0.2) is 14.4 Å². The first-order valence-corrected chi connectivity index (χ1v) is 11.8. The zero-order chi connectivity index (χ0) is 24.1. The summed E-state index contributed by atoms with van der Waals surface area (Å²) in [7, 11) is 1.77. The van der Waals surface area contributed by atoms with Gasteiger partial charge in [-0.1, -0.05) is 0 Å². The lowest BCUT2D eigenvalue weighted by atomic mass is 9.89. The fourth-order valence-corrected chi connectivity index (χ4v) is 4.88. The van der Waals surface area contributed by atoms with Crippen LogP contribution in [0.1, 0.15) is 35.7 Å². The molecule has 1 amide bonds. The smallest absolute Gasteiger partial charge is 0.257 e. The Morgan fingerprint density at radius 2 is 2.17 bits per heavy atom. The maximum atomic E-state index is 14.8. The lowest BCUT2D eigenvalue weighted by Gasteiger charge is -2.32. The number of fused-ring (bicyclic) bond motifs is 2. The average Bonchev–Trinajstić information content (AvgIpc) is 3.48. The number of rotatable bonds is 5. The highest BCUT2D eigenvalue weighted by atomic mass is 19.1. The third-order valence-corrected chi connectivity index (χ3v) is 7.00. The zero-order valence-corrected chi connectivity index (χ0v) is 19.2. The molecule has 35 heavy (non-hydrogen) atoms. The minimum absolute atomic E-state index is 0.0601. The topological polar surface area (TPSA) is 119 Å². The van der Waals surface area contributed by atoms with Gasteiger partial charge in [-0.2, -0.15) is 9.61 Å². The monoisotopic (exact) mass is 479 g/mol. The van der Waals surface area contributed by atoms with Crippen molar-refractivity contribution >= 4 is 28.4 Å². The van der Waals surface area contributed by atoms with Crippen molar-refractivity contribution in [2.24, 2.45) is 0 Å². The Hall–Kier alpha value is -3.57. The molecule has 2 fully saturated rings. The summed E-state index contributed by atoms with van der Waals surface area (Å²) in [6.07, 6.45) is 5.36. The summed E-state index contributed by atoms with van der Waals surface area (Å²) < 4.78 is 23.5. The van der Waals surface area contributed by atoms with E-state index >= 15 is 0 Å². The summed E-state index contributed by atoms with van der Waals surface area (Å²) in [5.41, 5.74) is 2.78. The van der Waals surface area contributed by atoms with Gasteiger partial charge < -0.3 is 25.0 Å². The van der Waals surface area contributed by atoms with Crippen LogP contribution in [0.25, 0.3) is 27.9 Å². The van der Waals surface area contributed by atoms with E-state index in [1.807, 2.05) is 29.0 Å². The van der Waals surface area contributed by atoms with E-state index in [1.54, 1.807) is 17.8 Å². The first kappa shape index (κ1) is 21.9. The second-order valence-electron chi connectivity index (χ2n) is 9.07. The highest BCUT2D eigenvalue weighted by Crippen LogP contribution is 2.35. The van der Waals surface area contributed by atoms with E-state index in [0.717, 1.165) is 17.4 Å². The Bertz CT molecular complexity index is 1420. The van der Waals surface area contributed by atoms with Crippen molar-refractivity contribution in [2.45, 2.75) is 43.6 Å². The lowest BCUT2D eigenvalue weighted by Crippen LogP contribution is -2.50. The molecule has 0 bridgehead atoms. The number of hydrogen-bond donors (Lipinski definition) is 3. The van der Waals surface area contributed by atoms with Crippen LogP contribution >= 0.6 is 0 Å². The summed E-state index contributed by atoms with van der Waals surface area (Å²) in [6, 6.07) is 4.98. The van der Waals surface area contributed by atoms with Crippen LogP contribution in [0.2, 0.25) is 0 Å². The first-order valence-electron chi connectivity index (χ1n) is 11.8. The van der Waals surface area contributed by atoms with E-state index in [4.69, 9.17) is 9.72 Å². The number of amides is 1. The minimum Gasteiger partial charge on any atom is -0.391 e. The minimum atomic E-state index is -1.13. The molecular formula is C24H26FN7O3. The lowest BCUT2D eigenvalue weighted by molar-refractivity contribution is 0.00443. The van der Waals surface area contributed by atoms with E-state index in [2.05, 4.69) is 20.7 Å². The molecular weight excluding hydrogens is 453 g/mol. The van der Waals surface area contributed by atoms with E-state index in [9.17, 15) is 14.3 Å². The van der Waals surface area contributed by atoms with Gasteiger partial charge in [0.15, 0.2) is 5.65 Å². The number of hydrogen-bond acceptors (Lipinski definition) is 7. The van der Waals surface area contributed by atoms with Gasteiger partial charge in [0.2, 0.25) is 0 Å². The molecule has 5 heterocycles. The van der Waals surface area contributed by atoms with Gasteiger partial charge in [0, 0.05) is 43.1 Å². The molecule has 6 rings (SSSR count). The summed E-state index contributed by atoms with van der Waals surface area (Å²) in [5, 5.41) is 21.0. The van der Waals surface area contributed by atoms with Crippen LogP contribution in [0.3, 0.4) is 0 Å². The summed E-state index contributed by atoms with van der Waals surface area (Å²) >= 11 is 0. The van der Waals surface area contributed by atoms with Crippen molar-refractivity contribution in [1.29, 1.82) is 0 Å². The number of halogens is 1. The van der Waals surface area contributed by atoms with E-state index < -0.39 is 12.3 Å². The number of aromatic nitrogens is 5. The summed E-state index contributed by atoms with van der Waals surface area (Å²) in [5.74, 6) is 0.314. The van der Waals surface area contributed by atoms with Gasteiger partial charge in [0.25, 0.3) is 5.91 Å². The molecule has 4 aromatic heterocycles. The second-order valence-corrected chi connectivity index (χ2v) is 9.07. The van der Waals surface area contributed by atoms with Gasteiger partial charge in [0.1, 0.15) is 23.2 Å². The number of aliphatic hydroxyl groups excluding tert-OH is 1. The van der Waals surface area contributed by atoms with Crippen molar-refractivity contribution in [3.63, 3.8) is 0 Å².